The van der Waals surface area contributed by atoms with Crippen molar-refractivity contribution in [1.29, 1.82) is 0 Å². The number of aromatic nitrogens is 2. The lowest BCUT2D eigenvalue weighted by molar-refractivity contribution is 0.0633. The third-order valence-corrected chi connectivity index (χ3v) is 4.91. The van der Waals surface area contributed by atoms with Crippen LogP contribution in [-0.2, 0) is 13.0 Å². The minimum atomic E-state index is -0.433. The molecule has 7 heteroatoms. The molecule has 2 aromatic rings. The molecular weight excluding hydrogens is 343 g/mol. The molecule has 2 heterocycles. The van der Waals surface area contributed by atoms with Gasteiger partial charge in [0.05, 0.1) is 10.6 Å². The van der Waals surface area contributed by atoms with E-state index in [2.05, 4.69) is 21.4 Å². The molecule has 1 aliphatic heterocycles. The van der Waals surface area contributed by atoms with Crippen LogP contribution in [0.5, 0.6) is 0 Å². The molecule has 1 amide bonds. The van der Waals surface area contributed by atoms with Gasteiger partial charge < -0.3 is 9.47 Å². The summed E-state index contributed by atoms with van der Waals surface area (Å²) >= 11 is 6.00. The van der Waals surface area contributed by atoms with E-state index in [0.717, 1.165) is 38.4 Å². The Balaban J connectivity index is 1.52. The van der Waals surface area contributed by atoms with Crippen LogP contribution < -0.4 is 0 Å². The molecule has 5 nitrogen and oxygen atoms in total. The van der Waals surface area contributed by atoms with Gasteiger partial charge in [0.2, 0.25) is 0 Å². The van der Waals surface area contributed by atoms with Gasteiger partial charge in [-0.15, -0.1) is 0 Å². The quantitative estimate of drug-likeness (QED) is 0.819. The molecular formula is C18H22ClFN4O. The second-order valence-electron chi connectivity index (χ2n) is 6.15. The number of aryl methyl sites for hydroxylation is 1. The normalized spacial score (nSPS) is 15.6. The Morgan fingerprint density at radius 2 is 2.00 bits per heavy atom. The standard InChI is InChI=1S/C18H22ClFN4O/c1-2-17-21-5-6-23(17)10-7-22-8-11-24(12-9-22)18(25)15-4-3-14(20)13-16(15)19/h3-6,13H,2,7-12H2,1H3. The second kappa shape index (κ2) is 7.97. The van der Waals surface area contributed by atoms with E-state index in [-0.39, 0.29) is 10.9 Å². The van der Waals surface area contributed by atoms with E-state index >= 15 is 0 Å². The summed E-state index contributed by atoms with van der Waals surface area (Å²) in [5.74, 6) is 0.532. The van der Waals surface area contributed by atoms with Crippen LogP contribution in [0.2, 0.25) is 5.02 Å². The predicted octanol–water partition coefficient (Wildman–Crippen LogP) is 2.70. The third kappa shape index (κ3) is 4.19. The van der Waals surface area contributed by atoms with Crippen molar-refractivity contribution in [3.8, 4) is 0 Å². The van der Waals surface area contributed by atoms with Crippen LogP contribution in [0.25, 0.3) is 0 Å². The highest BCUT2D eigenvalue weighted by Crippen LogP contribution is 2.20. The molecule has 0 unspecified atom stereocenters. The van der Waals surface area contributed by atoms with Crippen LogP contribution in [0.15, 0.2) is 30.6 Å². The average Bonchev–Trinajstić information content (AvgIpc) is 3.07. The smallest absolute Gasteiger partial charge is 0.255 e. The summed E-state index contributed by atoms with van der Waals surface area (Å²) < 4.78 is 15.3. The van der Waals surface area contributed by atoms with E-state index < -0.39 is 5.82 Å². The monoisotopic (exact) mass is 364 g/mol. The highest BCUT2D eigenvalue weighted by molar-refractivity contribution is 6.33. The van der Waals surface area contributed by atoms with Gasteiger partial charge in [0.15, 0.2) is 0 Å². The number of amides is 1. The van der Waals surface area contributed by atoms with Crippen molar-refractivity contribution in [3.05, 3.63) is 52.8 Å². The molecule has 3 rings (SSSR count). The fourth-order valence-corrected chi connectivity index (χ4v) is 3.36. The first-order valence-corrected chi connectivity index (χ1v) is 8.93. The van der Waals surface area contributed by atoms with E-state index in [1.807, 2.05) is 12.4 Å². The Hall–Kier alpha value is -1.92. The summed E-state index contributed by atoms with van der Waals surface area (Å²) in [6, 6.07) is 3.91. The molecule has 1 fully saturated rings. The second-order valence-corrected chi connectivity index (χ2v) is 6.56. The van der Waals surface area contributed by atoms with E-state index in [1.165, 1.54) is 18.2 Å². The number of carbonyl (C=O) groups excluding carboxylic acids is 1. The maximum Gasteiger partial charge on any atom is 0.255 e. The SMILES string of the molecule is CCc1nccn1CCN1CCN(C(=O)c2ccc(F)cc2Cl)CC1. The lowest BCUT2D eigenvalue weighted by atomic mass is 10.1. The molecule has 1 aromatic heterocycles. The van der Waals surface area contributed by atoms with Gasteiger partial charge in [0.25, 0.3) is 5.91 Å². The van der Waals surface area contributed by atoms with Crippen LogP contribution in [0.4, 0.5) is 4.39 Å². The fourth-order valence-electron chi connectivity index (χ4n) is 3.11. The number of rotatable bonds is 5. The highest BCUT2D eigenvalue weighted by atomic mass is 35.5. The summed E-state index contributed by atoms with van der Waals surface area (Å²) in [5, 5.41) is 0.166. The van der Waals surface area contributed by atoms with Gasteiger partial charge in [-0.25, -0.2) is 9.37 Å². The van der Waals surface area contributed by atoms with Gasteiger partial charge in [-0.05, 0) is 18.2 Å². The first kappa shape index (κ1) is 17.9. The zero-order valence-electron chi connectivity index (χ0n) is 14.3. The zero-order chi connectivity index (χ0) is 17.8. The summed E-state index contributed by atoms with van der Waals surface area (Å²) in [6.07, 6.45) is 4.77. The van der Waals surface area contributed by atoms with E-state index in [1.54, 1.807) is 4.90 Å². The van der Waals surface area contributed by atoms with Gasteiger partial charge in [-0.1, -0.05) is 18.5 Å². The lowest BCUT2D eigenvalue weighted by Gasteiger charge is -2.35. The third-order valence-electron chi connectivity index (χ3n) is 4.60. The Morgan fingerprint density at radius 1 is 1.24 bits per heavy atom. The molecule has 0 radical (unpaired) electrons. The number of carbonyl (C=O) groups is 1. The predicted molar refractivity (Wildman–Crippen MR) is 95.4 cm³/mol. The molecule has 1 aliphatic rings. The van der Waals surface area contributed by atoms with Crippen molar-refractivity contribution in [3.63, 3.8) is 0 Å². The number of imidazole rings is 1. The lowest BCUT2D eigenvalue weighted by Crippen LogP contribution is -2.49. The Kier molecular flexibility index (Phi) is 5.71. The van der Waals surface area contributed by atoms with Crippen LogP contribution in [0, 0.1) is 5.82 Å². The molecule has 134 valence electrons. The van der Waals surface area contributed by atoms with Gasteiger partial charge in [0.1, 0.15) is 11.6 Å². The number of piperazine rings is 1. The molecule has 1 saturated heterocycles. The van der Waals surface area contributed by atoms with E-state index in [0.29, 0.717) is 18.7 Å². The maximum atomic E-state index is 13.1. The van der Waals surface area contributed by atoms with Crippen molar-refractivity contribution in [1.82, 2.24) is 19.4 Å². The highest BCUT2D eigenvalue weighted by Gasteiger charge is 2.23. The van der Waals surface area contributed by atoms with Gasteiger partial charge in [-0.3, -0.25) is 9.69 Å². The largest absolute Gasteiger partial charge is 0.336 e. The number of hydrogen-bond donors (Lipinski definition) is 0. The molecule has 0 atom stereocenters. The summed E-state index contributed by atoms with van der Waals surface area (Å²) in [5.41, 5.74) is 0.363. The van der Waals surface area contributed by atoms with Crippen molar-refractivity contribution in [2.24, 2.45) is 0 Å². The minimum absolute atomic E-state index is 0.132. The number of benzene rings is 1. The van der Waals surface area contributed by atoms with Gasteiger partial charge in [-0.2, -0.15) is 0 Å². The zero-order valence-corrected chi connectivity index (χ0v) is 15.0. The van der Waals surface area contributed by atoms with E-state index in [9.17, 15) is 9.18 Å². The molecule has 0 aliphatic carbocycles. The van der Waals surface area contributed by atoms with Crippen molar-refractivity contribution in [2.75, 3.05) is 32.7 Å². The molecule has 0 saturated carbocycles. The van der Waals surface area contributed by atoms with Crippen molar-refractivity contribution >= 4 is 17.5 Å². The summed E-state index contributed by atoms with van der Waals surface area (Å²) in [4.78, 5) is 21.0. The van der Waals surface area contributed by atoms with Crippen LogP contribution in [-0.4, -0.2) is 58.0 Å². The van der Waals surface area contributed by atoms with Gasteiger partial charge in [0, 0.05) is 58.1 Å². The molecule has 1 aromatic carbocycles. The topological polar surface area (TPSA) is 41.4 Å². The summed E-state index contributed by atoms with van der Waals surface area (Å²) in [6.45, 7) is 6.88. The Labute approximate surface area is 152 Å². The van der Waals surface area contributed by atoms with Crippen LogP contribution in [0.3, 0.4) is 0 Å². The molecule has 0 N–H and O–H groups in total. The van der Waals surface area contributed by atoms with Crippen molar-refractivity contribution in [2.45, 2.75) is 19.9 Å². The number of halogens is 2. The molecule has 0 spiro atoms. The number of nitrogens with zero attached hydrogens (tertiary/aromatic N) is 4. The Morgan fingerprint density at radius 3 is 2.68 bits per heavy atom. The minimum Gasteiger partial charge on any atom is -0.336 e. The summed E-state index contributed by atoms with van der Waals surface area (Å²) in [7, 11) is 0. The first-order chi connectivity index (χ1) is 12.1. The van der Waals surface area contributed by atoms with E-state index in [4.69, 9.17) is 11.6 Å². The molecule has 0 bridgehead atoms. The van der Waals surface area contributed by atoms with Gasteiger partial charge >= 0.3 is 0 Å². The number of hydrogen-bond acceptors (Lipinski definition) is 3. The van der Waals surface area contributed by atoms with Crippen molar-refractivity contribution < 1.29 is 9.18 Å². The first-order valence-electron chi connectivity index (χ1n) is 8.55. The maximum absolute atomic E-state index is 13.1. The average molecular weight is 365 g/mol. The Bertz CT molecular complexity index is 740. The fraction of sp³-hybridized carbons (Fsp3) is 0.444. The van der Waals surface area contributed by atoms with Crippen LogP contribution >= 0.6 is 11.6 Å². The van der Waals surface area contributed by atoms with Crippen LogP contribution in [0.1, 0.15) is 23.1 Å². The molecule has 25 heavy (non-hydrogen) atoms.